The van der Waals surface area contributed by atoms with Crippen LogP contribution in [0.5, 0.6) is 0 Å². The van der Waals surface area contributed by atoms with Crippen molar-refractivity contribution in [3.63, 3.8) is 0 Å². The quantitative estimate of drug-likeness (QED) is 0.690. The molecule has 0 bridgehead atoms. The predicted octanol–water partition coefficient (Wildman–Crippen LogP) is 2.36. The molecule has 2 aromatic rings. The Morgan fingerprint density at radius 2 is 1.95 bits per heavy atom. The summed E-state index contributed by atoms with van der Waals surface area (Å²) in [6.07, 6.45) is 1.15. The molecule has 7 nitrogen and oxygen atoms in total. The summed E-state index contributed by atoms with van der Waals surface area (Å²) in [5.41, 5.74) is 2.96. The fourth-order valence-corrected chi connectivity index (χ4v) is 2.10. The number of nitrogens with zero attached hydrogens (tertiary/aromatic N) is 3. The smallest absolute Gasteiger partial charge is 0.309 e. The van der Waals surface area contributed by atoms with E-state index in [1.54, 1.807) is 6.92 Å². The molecule has 0 aliphatic carbocycles. The number of amides is 1. The Labute approximate surface area is 121 Å². The number of nitrogens with one attached hydrogen (secondary N) is 1. The fourth-order valence-electron chi connectivity index (χ4n) is 2.10. The van der Waals surface area contributed by atoms with E-state index in [0.29, 0.717) is 5.69 Å². The number of rotatable bonds is 4. The molecule has 1 aromatic heterocycles. The topological polar surface area (TPSA) is 90.1 Å². The van der Waals surface area contributed by atoms with E-state index in [-0.39, 0.29) is 18.1 Å². The zero-order valence-electron chi connectivity index (χ0n) is 12.1. The van der Waals surface area contributed by atoms with E-state index in [1.807, 2.05) is 32.0 Å². The second-order valence-electron chi connectivity index (χ2n) is 4.84. The van der Waals surface area contributed by atoms with Gasteiger partial charge in [-0.3, -0.25) is 19.6 Å². The largest absolute Gasteiger partial charge is 0.324 e. The van der Waals surface area contributed by atoms with Gasteiger partial charge >= 0.3 is 5.69 Å². The van der Waals surface area contributed by atoms with Crippen molar-refractivity contribution in [1.29, 1.82) is 0 Å². The van der Waals surface area contributed by atoms with Crippen molar-refractivity contribution >= 4 is 17.3 Å². The fraction of sp³-hybridized carbons (Fsp3) is 0.286. The van der Waals surface area contributed by atoms with Crippen LogP contribution in [0.3, 0.4) is 0 Å². The molecule has 1 aromatic carbocycles. The number of aromatic nitrogens is 2. The molecule has 1 amide bonds. The summed E-state index contributed by atoms with van der Waals surface area (Å²) in [6, 6.07) is 5.74. The molecule has 1 N–H and O–H groups in total. The van der Waals surface area contributed by atoms with E-state index in [4.69, 9.17) is 0 Å². The zero-order valence-corrected chi connectivity index (χ0v) is 12.1. The number of nitro groups is 1. The number of hydrogen-bond acceptors (Lipinski definition) is 4. The van der Waals surface area contributed by atoms with Gasteiger partial charge in [-0.25, -0.2) is 0 Å². The number of para-hydroxylation sites is 1. The van der Waals surface area contributed by atoms with Crippen molar-refractivity contribution in [2.45, 2.75) is 27.3 Å². The van der Waals surface area contributed by atoms with Crippen LogP contribution in [0.15, 0.2) is 24.4 Å². The highest BCUT2D eigenvalue weighted by atomic mass is 16.6. The summed E-state index contributed by atoms with van der Waals surface area (Å²) in [4.78, 5) is 22.3. The number of carbonyl (C=O) groups is 1. The molecule has 0 atom stereocenters. The first-order chi connectivity index (χ1) is 9.90. The van der Waals surface area contributed by atoms with E-state index in [9.17, 15) is 14.9 Å². The Hall–Kier alpha value is -2.70. The number of aryl methyl sites for hydroxylation is 2. The molecule has 0 saturated heterocycles. The van der Waals surface area contributed by atoms with Gasteiger partial charge in [-0.15, -0.1) is 0 Å². The first kappa shape index (κ1) is 14.7. The lowest BCUT2D eigenvalue weighted by Gasteiger charge is -2.11. The van der Waals surface area contributed by atoms with Gasteiger partial charge in [0, 0.05) is 5.69 Å². The van der Waals surface area contributed by atoms with Crippen molar-refractivity contribution in [2.24, 2.45) is 0 Å². The Morgan fingerprint density at radius 3 is 2.48 bits per heavy atom. The molecule has 21 heavy (non-hydrogen) atoms. The average Bonchev–Trinajstić information content (AvgIpc) is 2.76. The van der Waals surface area contributed by atoms with Crippen LogP contribution in [0.4, 0.5) is 11.4 Å². The van der Waals surface area contributed by atoms with Crippen LogP contribution in [0, 0.1) is 30.9 Å². The molecule has 0 spiro atoms. The Balaban J connectivity index is 2.14. The van der Waals surface area contributed by atoms with Crippen LogP contribution in [0.25, 0.3) is 0 Å². The summed E-state index contributed by atoms with van der Waals surface area (Å²) in [5.74, 6) is -0.270. The molecule has 0 aliphatic heterocycles. The number of anilines is 1. The van der Waals surface area contributed by atoms with Gasteiger partial charge in [0.15, 0.2) is 0 Å². The Bertz CT molecular complexity index is 686. The van der Waals surface area contributed by atoms with Gasteiger partial charge in [-0.2, -0.15) is 5.10 Å². The zero-order chi connectivity index (χ0) is 15.6. The van der Waals surface area contributed by atoms with Gasteiger partial charge in [0.2, 0.25) is 5.91 Å². The summed E-state index contributed by atoms with van der Waals surface area (Å²) < 4.78 is 1.32. The lowest BCUT2D eigenvalue weighted by molar-refractivity contribution is -0.385. The van der Waals surface area contributed by atoms with E-state index < -0.39 is 4.92 Å². The SMILES string of the molecule is Cc1cccc(C)c1NC(=O)Cn1ncc([N+](=O)[O-])c1C. The molecule has 0 aliphatic rings. The van der Waals surface area contributed by atoms with Gasteiger partial charge in [0.1, 0.15) is 18.4 Å². The molecule has 2 rings (SSSR count). The maximum absolute atomic E-state index is 12.1. The normalized spacial score (nSPS) is 10.4. The highest BCUT2D eigenvalue weighted by Gasteiger charge is 2.18. The molecule has 0 unspecified atom stereocenters. The average molecular weight is 288 g/mol. The van der Waals surface area contributed by atoms with E-state index in [0.717, 1.165) is 23.0 Å². The molecular weight excluding hydrogens is 272 g/mol. The highest BCUT2D eigenvalue weighted by molar-refractivity contribution is 5.92. The van der Waals surface area contributed by atoms with Gasteiger partial charge in [-0.1, -0.05) is 18.2 Å². The summed E-state index contributed by atoms with van der Waals surface area (Å²) >= 11 is 0. The summed E-state index contributed by atoms with van der Waals surface area (Å²) in [7, 11) is 0. The minimum Gasteiger partial charge on any atom is -0.324 e. The van der Waals surface area contributed by atoms with Crippen molar-refractivity contribution in [3.8, 4) is 0 Å². The lowest BCUT2D eigenvalue weighted by atomic mass is 10.1. The summed E-state index contributed by atoms with van der Waals surface area (Å²) in [6.45, 7) is 5.32. The van der Waals surface area contributed by atoms with E-state index in [1.165, 1.54) is 4.68 Å². The standard InChI is InChI=1S/C14H16N4O3/c1-9-5-4-6-10(2)14(9)16-13(19)8-17-11(3)12(7-15-17)18(20)21/h4-7H,8H2,1-3H3,(H,16,19). The highest BCUT2D eigenvalue weighted by Crippen LogP contribution is 2.20. The Morgan fingerprint density at radius 1 is 1.33 bits per heavy atom. The predicted molar refractivity (Wildman–Crippen MR) is 78.2 cm³/mol. The molecule has 0 fully saturated rings. The second kappa shape index (κ2) is 5.74. The molecule has 110 valence electrons. The van der Waals surface area contributed by atoms with Crippen LogP contribution < -0.4 is 5.32 Å². The van der Waals surface area contributed by atoms with E-state index in [2.05, 4.69) is 10.4 Å². The molecule has 7 heteroatoms. The third-order valence-electron chi connectivity index (χ3n) is 3.31. The van der Waals surface area contributed by atoms with Gasteiger partial charge in [0.25, 0.3) is 0 Å². The van der Waals surface area contributed by atoms with Crippen molar-refractivity contribution in [3.05, 3.63) is 51.3 Å². The third-order valence-corrected chi connectivity index (χ3v) is 3.31. The molecule has 1 heterocycles. The molecule has 0 radical (unpaired) electrons. The van der Waals surface area contributed by atoms with Gasteiger partial charge in [-0.05, 0) is 31.9 Å². The van der Waals surface area contributed by atoms with Crippen LogP contribution in [0.2, 0.25) is 0 Å². The maximum atomic E-state index is 12.1. The monoisotopic (exact) mass is 288 g/mol. The van der Waals surface area contributed by atoms with Crippen LogP contribution in [-0.4, -0.2) is 20.6 Å². The third kappa shape index (κ3) is 3.07. The first-order valence-electron chi connectivity index (χ1n) is 6.43. The minimum absolute atomic E-state index is 0.0621. The maximum Gasteiger partial charge on any atom is 0.309 e. The van der Waals surface area contributed by atoms with Gasteiger partial charge < -0.3 is 5.32 Å². The minimum atomic E-state index is -0.512. The van der Waals surface area contributed by atoms with Crippen molar-refractivity contribution < 1.29 is 9.72 Å². The Kier molecular flexibility index (Phi) is 4.02. The van der Waals surface area contributed by atoms with Crippen molar-refractivity contribution in [2.75, 3.05) is 5.32 Å². The molecular formula is C14H16N4O3. The molecule has 0 saturated carbocycles. The second-order valence-corrected chi connectivity index (χ2v) is 4.84. The number of carbonyl (C=O) groups excluding carboxylic acids is 1. The number of hydrogen-bond donors (Lipinski definition) is 1. The van der Waals surface area contributed by atoms with Crippen LogP contribution in [-0.2, 0) is 11.3 Å². The van der Waals surface area contributed by atoms with Crippen LogP contribution >= 0.6 is 0 Å². The van der Waals surface area contributed by atoms with Crippen molar-refractivity contribution in [1.82, 2.24) is 9.78 Å². The summed E-state index contributed by atoms with van der Waals surface area (Å²) in [5, 5.41) is 17.5. The lowest BCUT2D eigenvalue weighted by Crippen LogP contribution is -2.21. The number of benzene rings is 1. The van der Waals surface area contributed by atoms with E-state index >= 15 is 0 Å². The first-order valence-corrected chi connectivity index (χ1v) is 6.43. The van der Waals surface area contributed by atoms with Gasteiger partial charge in [0.05, 0.1) is 4.92 Å². The van der Waals surface area contributed by atoms with Crippen LogP contribution in [0.1, 0.15) is 16.8 Å².